The average Bonchev–Trinajstić information content (AvgIpc) is 3.01. The molecule has 25 heavy (non-hydrogen) atoms. The van der Waals surface area contributed by atoms with E-state index >= 15 is 0 Å². The molecular formula is C13H16N6O4S2. The van der Waals surface area contributed by atoms with Gasteiger partial charge in [0.2, 0.25) is 11.9 Å². The van der Waals surface area contributed by atoms with Crippen LogP contribution in [0.1, 0.15) is 21.1 Å². The number of hydrazine groups is 1. The summed E-state index contributed by atoms with van der Waals surface area (Å²) in [4.78, 5) is 19.4. The number of aromatic nitrogens is 2. The SMILES string of the molecule is COC(=O)c1sccc1S(=O)(=O)N(Nc1nc(C)cc(C)n1)C(=N)N. The molecule has 0 aromatic carbocycles. The van der Waals surface area contributed by atoms with E-state index in [9.17, 15) is 13.2 Å². The lowest BCUT2D eigenvalue weighted by Crippen LogP contribution is -2.45. The van der Waals surface area contributed by atoms with Gasteiger partial charge in [-0.15, -0.1) is 15.8 Å². The van der Waals surface area contributed by atoms with Gasteiger partial charge in [0.1, 0.15) is 9.77 Å². The van der Waals surface area contributed by atoms with Crippen molar-refractivity contribution in [1.82, 2.24) is 14.4 Å². The first-order valence-electron chi connectivity index (χ1n) is 6.81. The van der Waals surface area contributed by atoms with E-state index in [0.717, 1.165) is 18.4 Å². The number of nitrogens with one attached hydrogen (secondary N) is 2. The number of carbonyl (C=O) groups is 1. The van der Waals surface area contributed by atoms with Crippen LogP contribution in [0.2, 0.25) is 0 Å². The highest BCUT2D eigenvalue weighted by molar-refractivity contribution is 7.90. The van der Waals surface area contributed by atoms with E-state index in [0.29, 0.717) is 15.8 Å². The number of thiophene rings is 1. The predicted octanol–water partition coefficient (Wildman–Crippen LogP) is 0.853. The molecule has 134 valence electrons. The molecule has 0 atom stereocenters. The predicted molar refractivity (Wildman–Crippen MR) is 91.7 cm³/mol. The van der Waals surface area contributed by atoms with Gasteiger partial charge in [0.25, 0.3) is 10.0 Å². The summed E-state index contributed by atoms with van der Waals surface area (Å²) in [5.41, 5.74) is 9.01. The van der Waals surface area contributed by atoms with Gasteiger partial charge in [0.05, 0.1) is 7.11 Å². The lowest BCUT2D eigenvalue weighted by Gasteiger charge is -2.22. The number of anilines is 1. The highest BCUT2D eigenvalue weighted by atomic mass is 32.2. The van der Waals surface area contributed by atoms with Gasteiger partial charge in [0, 0.05) is 11.4 Å². The Balaban J connectivity index is 2.47. The second-order valence-electron chi connectivity index (χ2n) is 4.85. The number of rotatable bonds is 5. The van der Waals surface area contributed by atoms with Gasteiger partial charge in [-0.1, -0.05) is 0 Å². The third-order valence-electron chi connectivity index (χ3n) is 2.92. The summed E-state index contributed by atoms with van der Waals surface area (Å²) in [5.74, 6) is -1.67. The molecule has 0 aliphatic carbocycles. The number of methoxy groups -OCH3 is 1. The van der Waals surface area contributed by atoms with Crippen LogP contribution in [-0.4, -0.2) is 41.8 Å². The largest absolute Gasteiger partial charge is 0.465 e. The van der Waals surface area contributed by atoms with Crippen LogP contribution in [0.25, 0.3) is 0 Å². The van der Waals surface area contributed by atoms with Crippen LogP contribution in [0, 0.1) is 19.3 Å². The Labute approximate surface area is 148 Å². The van der Waals surface area contributed by atoms with E-state index < -0.39 is 22.0 Å². The van der Waals surface area contributed by atoms with Crippen molar-refractivity contribution >= 4 is 39.2 Å². The van der Waals surface area contributed by atoms with Crippen LogP contribution in [0.15, 0.2) is 22.4 Å². The van der Waals surface area contributed by atoms with Gasteiger partial charge < -0.3 is 10.5 Å². The van der Waals surface area contributed by atoms with Gasteiger partial charge in [-0.2, -0.15) is 8.42 Å². The average molecular weight is 384 g/mol. The van der Waals surface area contributed by atoms with Gasteiger partial charge in [-0.05, 0) is 31.4 Å². The molecule has 0 fully saturated rings. The van der Waals surface area contributed by atoms with Crippen LogP contribution in [0.4, 0.5) is 5.95 Å². The maximum atomic E-state index is 12.8. The van der Waals surface area contributed by atoms with Crippen molar-refractivity contribution < 1.29 is 17.9 Å². The van der Waals surface area contributed by atoms with Crippen molar-refractivity contribution in [3.63, 3.8) is 0 Å². The lowest BCUT2D eigenvalue weighted by molar-refractivity contribution is 0.0602. The molecular weight excluding hydrogens is 368 g/mol. The molecule has 2 heterocycles. The molecule has 0 unspecified atom stereocenters. The highest BCUT2D eigenvalue weighted by Crippen LogP contribution is 2.26. The summed E-state index contributed by atoms with van der Waals surface area (Å²) < 4.78 is 30.6. The van der Waals surface area contributed by atoms with Crippen LogP contribution < -0.4 is 11.2 Å². The number of sulfonamides is 1. The number of ether oxygens (including phenoxy) is 1. The fourth-order valence-corrected chi connectivity index (χ4v) is 4.42. The Morgan fingerprint density at radius 3 is 2.48 bits per heavy atom. The maximum Gasteiger partial charge on any atom is 0.349 e. The minimum Gasteiger partial charge on any atom is -0.465 e. The van der Waals surface area contributed by atoms with Crippen LogP contribution in [0.3, 0.4) is 0 Å². The van der Waals surface area contributed by atoms with Gasteiger partial charge >= 0.3 is 5.97 Å². The van der Waals surface area contributed by atoms with E-state index in [-0.39, 0.29) is 15.7 Å². The molecule has 0 radical (unpaired) electrons. The number of guanidine groups is 1. The molecule has 0 spiro atoms. The molecule has 2 aromatic heterocycles. The zero-order valence-electron chi connectivity index (χ0n) is 13.6. The third-order valence-corrected chi connectivity index (χ3v) is 5.61. The van der Waals surface area contributed by atoms with Crippen molar-refractivity contribution in [3.8, 4) is 0 Å². The van der Waals surface area contributed by atoms with Crippen LogP contribution in [0.5, 0.6) is 0 Å². The molecule has 12 heteroatoms. The fraction of sp³-hybridized carbons (Fsp3) is 0.231. The smallest absolute Gasteiger partial charge is 0.349 e. The molecule has 10 nitrogen and oxygen atoms in total. The van der Waals surface area contributed by atoms with Crippen molar-refractivity contribution in [2.24, 2.45) is 5.73 Å². The summed E-state index contributed by atoms with van der Waals surface area (Å²) in [7, 11) is -3.22. The molecule has 0 aliphatic rings. The molecule has 0 amide bonds. The molecule has 0 aliphatic heterocycles. The summed E-state index contributed by atoms with van der Waals surface area (Å²) in [6, 6.07) is 2.93. The van der Waals surface area contributed by atoms with E-state index in [1.54, 1.807) is 19.9 Å². The van der Waals surface area contributed by atoms with Crippen molar-refractivity contribution in [3.05, 3.63) is 33.8 Å². The summed E-state index contributed by atoms with van der Waals surface area (Å²) in [6.45, 7) is 3.42. The van der Waals surface area contributed by atoms with Gasteiger partial charge in [0.15, 0.2) is 0 Å². The number of hydrogen-bond acceptors (Lipinski definition) is 9. The monoisotopic (exact) mass is 384 g/mol. The molecule has 0 bridgehead atoms. The number of esters is 1. The fourth-order valence-electron chi connectivity index (χ4n) is 1.96. The normalized spacial score (nSPS) is 11.0. The zero-order valence-corrected chi connectivity index (χ0v) is 15.2. The zero-order chi connectivity index (χ0) is 18.8. The topological polar surface area (TPSA) is 151 Å². The second-order valence-corrected chi connectivity index (χ2v) is 7.52. The standard InChI is InChI=1S/C13H16N6O4S2/c1-7-6-8(2)17-13(16-7)18-19(12(14)15)25(21,22)9-4-5-24-10(9)11(20)23-3/h4-6H,1-3H3,(H3,14,15)(H,16,17,18). The Morgan fingerprint density at radius 2 is 1.96 bits per heavy atom. The quantitative estimate of drug-likeness (QED) is 0.297. The van der Waals surface area contributed by atoms with Crippen LogP contribution in [-0.2, 0) is 14.8 Å². The molecule has 2 aromatic rings. The minimum absolute atomic E-state index is 0.0499. The summed E-state index contributed by atoms with van der Waals surface area (Å²) >= 11 is 0.899. The lowest BCUT2D eigenvalue weighted by atomic mass is 10.4. The Morgan fingerprint density at radius 1 is 1.36 bits per heavy atom. The number of hydrogen-bond donors (Lipinski definition) is 3. The number of nitrogens with two attached hydrogens (primary N) is 1. The van der Waals surface area contributed by atoms with Crippen molar-refractivity contribution in [2.75, 3.05) is 12.5 Å². The first kappa shape index (κ1) is 18.6. The number of carbonyl (C=O) groups excluding carboxylic acids is 1. The first-order valence-corrected chi connectivity index (χ1v) is 9.13. The Hall–Kier alpha value is -2.73. The second kappa shape index (κ2) is 7.03. The third kappa shape index (κ3) is 3.85. The molecule has 0 saturated carbocycles. The van der Waals surface area contributed by atoms with E-state index in [1.807, 2.05) is 0 Å². The van der Waals surface area contributed by atoms with Gasteiger partial charge in [-0.25, -0.2) is 20.2 Å². The molecule has 0 saturated heterocycles. The number of nitrogens with zero attached hydrogens (tertiary/aromatic N) is 3. The summed E-state index contributed by atoms with van der Waals surface area (Å²) in [6.07, 6.45) is 0. The minimum atomic E-state index is -4.36. The number of aryl methyl sites for hydroxylation is 2. The van der Waals surface area contributed by atoms with Crippen LogP contribution >= 0.6 is 11.3 Å². The van der Waals surface area contributed by atoms with Crippen molar-refractivity contribution in [2.45, 2.75) is 18.7 Å². The highest BCUT2D eigenvalue weighted by Gasteiger charge is 2.32. The molecule has 2 rings (SSSR count). The van der Waals surface area contributed by atoms with E-state index in [2.05, 4.69) is 20.1 Å². The van der Waals surface area contributed by atoms with E-state index in [1.165, 1.54) is 11.4 Å². The Bertz CT molecular complexity index is 904. The first-order chi connectivity index (χ1) is 11.7. The Kier molecular flexibility index (Phi) is 5.23. The summed E-state index contributed by atoms with van der Waals surface area (Å²) in [5, 5.41) is 9.00. The van der Waals surface area contributed by atoms with E-state index in [4.69, 9.17) is 11.1 Å². The molecule has 4 N–H and O–H groups in total. The van der Waals surface area contributed by atoms with Gasteiger partial charge in [-0.3, -0.25) is 5.41 Å². The maximum absolute atomic E-state index is 12.8. The van der Waals surface area contributed by atoms with Crippen molar-refractivity contribution in [1.29, 1.82) is 5.41 Å².